The molecule has 7 heteroatoms. The third-order valence-corrected chi connectivity index (χ3v) is 6.95. The summed E-state index contributed by atoms with van der Waals surface area (Å²) in [4.78, 5) is 30.4. The van der Waals surface area contributed by atoms with Crippen molar-refractivity contribution in [3.63, 3.8) is 0 Å². The fraction of sp³-hybridized carbons (Fsp3) is 0.526. The molecule has 0 aromatic carbocycles. The molecule has 5 rings (SSSR count). The number of thiophene rings is 1. The number of piperidine rings is 3. The first-order valence-corrected chi connectivity index (χ1v) is 10.2. The summed E-state index contributed by atoms with van der Waals surface area (Å²) in [5.41, 5.74) is 1.38. The molecule has 2 aromatic heterocycles. The van der Waals surface area contributed by atoms with E-state index in [0.717, 1.165) is 49.5 Å². The van der Waals surface area contributed by atoms with Crippen molar-refractivity contribution in [2.75, 3.05) is 19.6 Å². The van der Waals surface area contributed by atoms with Crippen LogP contribution >= 0.6 is 11.3 Å². The van der Waals surface area contributed by atoms with Crippen molar-refractivity contribution in [3.8, 4) is 10.6 Å². The Kier molecular flexibility index (Phi) is 3.85. The summed E-state index contributed by atoms with van der Waals surface area (Å²) in [5, 5.41) is 9.26. The Bertz CT molecular complexity index is 830. The maximum atomic E-state index is 13.0. The van der Waals surface area contributed by atoms with E-state index in [1.807, 2.05) is 28.5 Å². The second kappa shape index (κ2) is 6.23. The molecule has 0 radical (unpaired) electrons. The summed E-state index contributed by atoms with van der Waals surface area (Å²) in [6.45, 7) is 2.28. The molecule has 2 aromatic rings. The number of fused-ring (bicyclic) bond motifs is 4. The van der Waals surface area contributed by atoms with E-state index in [1.165, 1.54) is 0 Å². The molecule has 5 heterocycles. The van der Waals surface area contributed by atoms with Crippen molar-refractivity contribution in [3.05, 3.63) is 29.3 Å². The van der Waals surface area contributed by atoms with E-state index < -0.39 is 0 Å². The van der Waals surface area contributed by atoms with Crippen LogP contribution < -0.4 is 0 Å². The highest BCUT2D eigenvalue weighted by Crippen LogP contribution is 2.38. The number of hydrogen-bond donors (Lipinski definition) is 1. The van der Waals surface area contributed by atoms with Gasteiger partial charge in [-0.3, -0.25) is 14.7 Å². The van der Waals surface area contributed by atoms with Gasteiger partial charge in [0, 0.05) is 32.1 Å². The van der Waals surface area contributed by atoms with E-state index in [0.29, 0.717) is 35.9 Å². The third kappa shape index (κ3) is 2.65. The molecule has 3 saturated heterocycles. The molecule has 3 fully saturated rings. The number of hydrogen-bond acceptors (Lipinski definition) is 4. The van der Waals surface area contributed by atoms with Gasteiger partial charge in [0.2, 0.25) is 5.91 Å². The fourth-order valence-corrected chi connectivity index (χ4v) is 5.62. The SMILES string of the molecule is O=C(c1cc(-c2cccs2)[nH]n1)N1C[C@@H]2C[C@@H](C1)C1CCCC(=O)N1C2. The predicted molar refractivity (Wildman–Crippen MR) is 98.8 cm³/mol. The van der Waals surface area contributed by atoms with Crippen LogP contribution in [-0.4, -0.2) is 57.5 Å². The number of H-pyrrole nitrogens is 1. The van der Waals surface area contributed by atoms with Crippen LogP contribution in [0.4, 0.5) is 0 Å². The minimum absolute atomic E-state index is 0.00865. The van der Waals surface area contributed by atoms with Crippen molar-refractivity contribution >= 4 is 23.2 Å². The van der Waals surface area contributed by atoms with Gasteiger partial charge in [0.1, 0.15) is 0 Å². The molecule has 0 aliphatic carbocycles. The van der Waals surface area contributed by atoms with E-state index in [2.05, 4.69) is 15.1 Å². The van der Waals surface area contributed by atoms with Crippen LogP contribution in [0.1, 0.15) is 36.2 Å². The Balaban J connectivity index is 1.34. The molecule has 2 amide bonds. The standard InChI is InChI=1S/C19H22N4O2S/c24-18-5-1-3-16-13-7-12(10-23(16)18)9-22(11-13)19(25)15-8-14(20-21-15)17-4-2-6-26-17/h2,4,6,8,12-13,16H,1,3,5,7,9-11H2,(H,20,21)/t12-,13-,16?/m0/s1. The highest BCUT2D eigenvalue weighted by Gasteiger charge is 2.45. The quantitative estimate of drug-likeness (QED) is 0.883. The normalized spacial score (nSPS) is 28.2. The van der Waals surface area contributed by atoms with Crippen LogP contribution in [0.15, 0.2) is 23.6 Å². The number of aromatic nitrogens is 2. The predicted octanol–water partition coefficient (Wildman–Crippen LogP) is 2.61. The van der Waals surface area contributed by atoms with Gasteiger partial charge in [-0.25, -0.2) is 0 Å². The molecular weight excluding hydrogens is 348 g/mol. The summed E-state index contributed by atoms with van der Waals surface area (Å²) < 4.78 is 0. The number of likely N-dealkylation sites (tertiary alicyclic amines) is 1. The Morgan fingerprint density at radius 3 is 3.08 bits per heavy atom. The second-order valence-electron chi connectivity index (χ2n) is 7.72. The number of rotatable bonds is 2. The van der Waals surface area contributed by atoms with Crippen LogP contribution in [0.2, 0.25) is 0 Å². The van der Waals surface area contributed by atoms with Gasteiger partial charge in [-0.1, -0.05) is 6.07 Å². The lowest BCUT2D eigenvalue weighted by Crippen LogP contribution is -2.61. The van der Waals surface area contributed by atoms with Gasteiger partial charge < -0.3 is 9.80 Å². The largest absolute Gasteiger partial charge is 0.339 e. The minimum Gasteiger partial charge on any atom is -0.339 e. The van der Waals surface area contributed by atoms with Crippen molar-refractivity contribution in [2.45, 2.75) is 31.7 Å². The van der Waals surface area contributed by atoms with E-state index in [1.54, 1.807) is 11.3 Å². The van der Waals surface area contributed by atoms with Gasteiger partial charge in [-0.15, -0.1) is 11.3 Å². The molecule has 0 saturated carbocycles. The monoisotopic (exact) mass is 370 g/mol. The summed E-state index contributed by atoms with van der Waals surface area (Å²) >= 11 is 1.63. The summed E-state index contributed by atoms with van der Waals surface area (Å²) in [7, 11) is 0. The van der Waals surface area contributed by atoms with Crippen molar-refractivity contribution < 1.29 is 9.59 Å². The Morgan fingerprint density at radius 2 is 2.23 bits per heavy atom. The molecule has 1 unspecified atom stereocenters. The van der Waals surface area contributed by atoms with Crippen LogP contribution in [0.25, 0.3) is 10.6 Å². The zero-order valence-corrected chi connectivity index (χ0v) is 15.4. The van der Waals surface area contributed by atoms with Gasteiger partial charge in [0.15, 0.2) is 5.69 Å². The Labute approximate surface area is 156 Å². The molecule has 136 valence electrons. The average Bonchev–Trinajstić information content (AvgIpc) is 3.33. The fourth-order valence-electron chi connectivity index (χ4n) is 4.93. The van der Waals surface area contributed by atoms with Crippen molar-refractivity contribution in [1.29, 1.82) is 0 Å². The highest BCUT2D eigenvalue weighted by atomic mass is 32.1. The number of amides is 2. The number of carbonyl (C=O) groups excluding carboxylic acids is 2. The van der Waals surface area contributed by atoms with E-state index in [4.69, 9.17) is 0 Å². The first-order valence-electron chi connectivity index (χ1n) is 9.37. The summed E-state index contributed by atoms with van der Waals surface area (Å²) in [6, 6.07) is 6.19. The van der Waals surface area contributed by atoms with E-state index in [-0.39, 0.29) is 5.91 Å². The smallest absolute Gasteiger partial charge is 0.274 e. The molecule has 2 bridgehead atoms. The summed E-state index contributed by atoms with van der Waals surface area (Å²) in [6.07, 6.45) is 3.89. The van der Waals surface area contributed by atoms with Crippen LogP contribution in [0.3, 0.4) is 0 Å². The molecule has 3 aliphatic rings. The van der Waals surface area contributed by atoms with Crippen molar-refractivity contribution in [1.82, 2.24) is 20.0 Å². The molecule has 0 spiro atoms. The second-order valence-corrected chi connectivity index (χ2v) is 8.67. The molecule has 6 nitrogen and oxygen atoms in total. The zero-order chi connectivity index (χ0) is 17.7. The van der Waals surface area contributed by atoms with Crippen molar-refractivity contribution in [2.24, 2.45) is 11.8 Å². The minimum atomic E-state index is 0.00865. The molecule has 1 N–H and O–H groups in total. The van der Waals surface area contributed by atoms with Gasteiger partial charge in [-0.2, -0.15) is 5.10 Å². The van der Waals surface area contributed by atoms with Crippen LogP contribution in [0.5, 0.6) is 0 Å². The Morgan fingerprint density at radius 1 is 1.31 bits per heavy atom. The lowest BCUT2D eigenvalue weighted by molar-refractivity contribution is -0.144. The molecule has 26 heavy (non-hydrogen) atoms. The lowest BCUT2D eigenvalue weighted by Gasteiger charge is -2.52. The van der Waals surface area contributed by atoms with E-state index >= 15 is 0 Å². The van der Waals surface area contributed by atoms with Crippen LogP contribution in [-0.2, 0) is 4.79 Å². The topological polar surface area (TPSA) is 69.3 Å². The molecule has 3 aliphatic heterocycles. The number of nitrogens with one attached hydrogen (secondary N) is 1. The molecular formula is C19H22N4O2S. The average molecular weight is 370 g/mol. The summed E-state index contributed by atoms with van der Waals surface area (Å²) in [5.74, 6) is 1.12. The highest BCUT2D eigenvalue weighted by molar-refractivity contribution is 7.13. The van der Waals surface area contributed by atoms with Gasteiger partial charge in [0.25, 0.3) is 5.91 Å². The first kappa shape index (κ1) is 16.1. The van der Waals surface area contributed by atoms with Gasteiger partial charge >= 0.3 is 0 Å². The van der Waals surface area contributed by atoms with Crippen LogP contribution in [0, 0.1) is 11.8 Å². The maximum absolute atomic E-state index is 13.0. The number of carbonyl (C=O) groups is 2. The maximum Gasteiger partial charge on any atom is 0.274 e. The molecule has 3 atom stereocenters. The number of aromatic amines is 1. The van der Waals surface area contributed by atoms with Gasteiger partial charge in [-0.05, 0) is 48.6 Å². The van der Waals surface area contributed by atoms with E-state index in [9.17, 15) is 9.59 Å². The third-order valence-electron chi connectivity index (χ3n) is 6.05. The Hall–Kier alpha value is -2.15. The lowest BCUT2D eigenvalue weighted by atomic mass is 9.76. The van der Waals surface area contributed by atoms with Gasteiger partial charge in [0.05, 0.1) is 10.6 Å². The first-order chi connectivity index (χ1) is 12.7. The zero-order valence-electron chi connectivity index (χ0n) is 14.6. The number of nitrogens with zero attached hydrogens (tertiary/aromatic N) is 3.